The molecule has 0 aliphatic carbocycles. The van der Waals surface area contributed by atoms with Gasteiger partial charge in [0.15, 0.2) is 5.11 Å². The van der Waals surface area contributed by atoms with Crippen LogP contribution in [-0.4, -0.2) is 28.8 Å². The first-order valence-electron chi connectivity index (χ1n) is 3.19. The average molecular weight is 193 g/mol. The smallest absolute Gasteiger partial charge is 0.320 e. The largest absolute Gasteiger partial charge is 0.480 e. The van der Waals surface area contributed by atoms with Crippen LogP contribution in [0.4, 0.5) is 0 Å². The Balaban J connectivity index is 3.31. The third kappa shape index (κ3) is 5.83. The molecule has 0 amide bonds. The number of aliphatic carboxylic acids is 1. The Morgan fingerprint density at radius 3 is 2.75 bits per heavy atom. The summed E-state index contributed by atoms with van der Waals surface area (Å²) < 4.78 is 0. The summed E-state index contributed by atoms with van der Waals surface area (Å²) in [6, 6.07) is -0.918. The Hall–Kier alpha value is -0.920. The van der Waals surface area contributed by atoms with E-state index in [1.54, 1.807) is 0 Å². The second-order valence-corrected chi connectivity index (χ2v) is 2.49. The molecule has 0 aromatic heterocycles. The molecule has 0 saturated heterocycles. The molecule has 0 unspecified atom stereocenters. The first-order chi connectivity index (χ1) is 5.54. The number of carbonyl (C=O) groups is 1. The normalized spacial score (nSPS) is 12.1. The van der Waals surface area contributed by atoms with Gasteiger partial charge in [0.05, 0.1) is 6.61 Å². The molecule has 0 rings (SSSR count). The van der Waals surface area contributed by atoms with Crippen molar-refractivity contribution < 1.29 is 14.7 Å². The van der Waals surface area contributed by atoms with Crippen molar-refractivity contribution >= 4 is 23.3 Å². The van der Waals surface area contributed by atoms with Crippen LogP contribution >= 0.6 is 12.2 Å². The molecule has 0 heterocycles. The van der Waals surface area contributed by atoms with Crippen molar-refractivity contribution in [3.05, 3.63) is 0 Å². The number of nitrogens with one attached hydrogen (secondary N) is 1. The number of thiocarbonyl (C=S) groups is 1. The molecule has 6 N–H and O–H groups in total. The quantitative estimate of drug-likeness (QED) is 0.240. The number of carboxylic acid groups (broad SMARTS) is 1. The van der Waals surface area contributed by atoms with Gasteiger partial charge in [0.25, 0.3) is 0 Å². The molecule has 0 aliphatic rings. The lowest BCUT2D eigenvalue weighted by molar-refractivity contribution is -0.139. The highest BCUT2D eigenvalue weighted by molar-refractivity contribution is 7.80. The number of rotatable bonds is 5. The van der Waals surface area contributed by atoms with Crippen LogP contribution in [0.15, 0.2) is 0 Å². The standard InChI is InChI=1S/C5H11N3O3S/c6-3(4(9)10)1-2-11-8-5(7)12/h3H,1-2,6H2,(H,9,10)(H3,7,8,12)/t3-/m0/s1. The molecule has 0 spiro atoms. The van der Waals surface area contributed by atoms with Crippen molar-refractivity contribution in [2.75, 3.05) is 6.61 Å². The lowest BCUT2D eigenvalue weighted by atomic mass is 10.2. The maximum absolute atomic E-state index is 10.2. The summed E-state index contributed by atoms with van der Waals surface area (Å²) in [5.74, 6) is -1.06. The Morgan fingerprint density at radius 1 is 1.75 bits per heavy atom. The monoisotopic (exact) mass is 193 g/mol. The predicted octanol–water partition coefficient (Wildman–Crippen LogP) is -1.45. The van der Waals surface area contributed by atoms with E-state index in [0.29, 0.717) is 0 Å². The molecular weight excluding hydrogens is 182 g/mol. The van der Waals surface area contributed by atoms with Crippen LogP contribution in [0.3, 0.4) is 0 Å². The van der Waals surface area contributed by atoms with Gasteiger partial charge in [-0.2, -0.15) is 0 Å². The Morgan fingerprint density at radius 2 is 2.33 bits per heavy atom. The number of hydrogen-bond donors (Lipinski definition) is 4. The zero-order valence-corrected chi connectivity index (χ0v) is 7.13. The van der Waals surface area contributed by atoms with Gasteiger partial charge in [-0.15, -0.1) is 0 Å². The first kappa shape index (κ1) is 11.1. The summed E-state index contributed by atoms with van der Waals surface area (Å²) in [6.45, 7) is 0.144. The number of hydroxylamine groups is 1. The van der Waals surface area contributed by atoms with E-state index in [4.69, 9.17) is 16.6 Å². The van der Waals surface area contributed by atoms with E-state index in [1.807, 2.05) is 0 Å². The van der Waals surface area contributed by atoms with E-state index < -0.39 is 12.0 Å². The third-order valence-electron chi connectivity index (χ3n) is 1.02. The third-order valence-corrected chi connectivity index (χ3v) is 1.10. The van der Waals surface area contributed by atoms with Crippen molar-refractivity contribution in [2.45, 2.75) is 12.5 Å². The van der Waals surface area contributed by atoms with Crippen LogP contribution < -0.4 is 16.9 Å². The lowest BCUT2D eigenvalue weighted by Gasteiger charge is -2.06. The fourth-order valence-corrected chi connectivity index (χ4v) is 0.490. The van der Waals surface area contributed by atoms with E-state index in [1.165, 1.54) is 0 Å². The van der Waals surface area contributed by atoms with Gasteiger partial charge in [0.1, 0.15) is 6.04 Å². The molecule has 7 heteroatoms. The number of hydrogen-bond acceptors (Lipinski definition) is 4. The predicted molar refractivity (Wildman–Crippen MR) is 46.1 cm³/mol. The van der Waals surface area contributed by atoms with Gasteiger partial charge >= 0.3 is 5.97 Å². The van der Waals surface area contributed by atoms with Crippen molar-refractivity contribution in [2.24, 2.45) is 11.5 Å². The maximum atomic E-state index is 10.2. The molecule has 0 saturated carbocycles. The Bertz CT molecular complexity index is 175. The molecule has 0 aromatic carbocycles. The molecule has 12 heavy (non-hydrogen) atoms. The van der Waals surface area contributed by atoms with Gasteiger partial charge in [0.2, 0.25) is 0 Å². The van der Waals surface area contributed by atoms with Gasteiger partial charge in [0, 0.05) is 0 Å². The van der Waals surface area contributed by atoms with Crippen molar-refractivity contribution in [1.82, 2.24) is 5.48 Å². The van der Waals surface area contributed by atoms with Gasteiger partial charge < -0.3 is 16.6 Å². The maximum Gasteiger partial charge on any atom is 0.320 e. The summed E-state index contributed by atoms with van der Waals surface area (Å²) in [5.41, 5.74) is 12.4. The van der Waals surface area contributed by atoms with Gasteiger partial charge in [-0.05, 0) is 18.6 Å². The molecule has 0 fully saturated rings. The zero-order valence-electron chi connectivity index (χ0n) is 6.32. The van der Waals surface area contributed by atoms with Crippen LogP contribution in [-0.2, 0) is 9.63 Å². The zero-order chi connectivity index (χ0) is 9.56. The summed E-state index contributed by atoms with van der Waals surface area (Å²) in [4.78, 5) is 14.8. The highest BCUT2D eigenvalue weighted by atomic mass is 32.1. The van der Waals surface area contributed by atoms with Crippen molar-refractivity contribution in [1.29, 1.82) is 0 Å². The SMILES string of the molecule is NC(=S)NOCC[C@H](N)C(=O)O. The molecular formula is C5H11N3O3S. The average Bonchev–Trinajstić information content (AvgIpc) is 1.97. The molecule has 0 aromatic rings. The molecule has 0 aliphatic heterocycles. The molecule has 1 atom stereocenters. The lowest BCUT2D eigenvalue weighted by Crippen LogP contribution is -2.34. The fourth-order valence-electron chi connectivity index (χ4n) is 0.432. The van der Waals surface area contributed by atoms with Gasteiger partial charge in [-0.3, -0.25) is 9.63 Å². The topological polar surface area (TPSA) is 111 Å². The highest BCUT2D eigenvalue weighted by Gasteiger charge is 2.10. The number of nitrogens with two attached hydrogens (primary N) is 2. The minimum absolute atomic E-state index is 0.00102. The van der Waals surface area contributed by atoms with Crippen LogP contribution in [0.2, 0.25) is 0 Å². The van der Waals surface area contributed by atoms with Crippen LogP contribution in [0, 0.1) is 0 Å². The highest BCUT2D eigenvalue weighted by Crippen LogP contribution is 1.87. The van der Waals surface area contributed by atoms with Crippen LogP contribution in [0.25, 0.3) is 0 Å². The van der Waals surface area contributed by atoms with E-state index in [-0.39, 0.29) is 18.1 Å². The van der Waals surface area contributed by atoms with E-state index in [0.717, 1.165) is 0 Å². The van der Waals surface area contributed by atoms with Gasteiger partial charge in [-0.1, -0.05) is 0 Å². The molecule has 70 valence electrons. The number of carboxylic acids is 1. The summed E-state index contributed by atoms with van der Waals surface area (Å²) >= 11 is 4.42. The van der Waals surface area contributed by atoms with Gasteiger partial charge in [-0.25, -0.2) is 5.48 Å². The Labute approximate surface area is 74.8 Å². The van der Waals surface area contributed by atoms with E-state index in [9.17, 15) is 4.79 Å². The molecule has 6 nitrogen and oxygen atoms in total. The van der Waals surface area contributed by atoms with Crippen molar-refractivity contribution in [3.8, 4) is 0 Å². The van der Waals surface area contributed by atoms with Crippen LogP contribution in [0.5, 0.6) is 0 Å². The first-order valence-corrected chi connectivity index (χ1v) is 3.60. The van der Waals surface area contributed by atoms with E-state index >= 15 is 0 Å². The minimum atomic E-state index is -1.06. The molecule has 0 radical (unpaired) electrons. The van der Waals surface area contributed by atoms with Crippen LogP contribution in [0.1, 0.15) is 6.42 Å². The summed E-state index contributed by atoms with van der Waals surface area (Å²) in [5, 5.41) is 8.34. The fraction of sp³-hybridized carbons (Fsp3) is 0.600. The summed E-state index contributed by atoms with van der Waals surface area (Å²) in [6.07, 6.45) is 0.199. The minimum Gasteiger partial charge on any atom is -0.480 e. The second-order valence-electron chi connectivity index (χ2n) is 2.05. The van der Waals surface area contributed by atoms with Crippen molar-refractivity contribution in [3.63, 3.8) is 0 Å². The summed E-state index contributed by atoms with van der Waals surface area (Å²) in [7, 11) is 0. The second kappa shape index (κ2) is 5.70. The van der Waals surface area contributed by atoms with E-state index in [2.05, 4.69) is 22.5 Å². The molecule has 0 bridgehead atoms. The Kier molecular flexibility index (Phi) is 5.26.